The standard InChI is InChI=1S/C24H33FN6O/c1-2-26-24-27-9-6-22(28-24)30-10-7-19(8-11-30)17-23(32)31-14-12-29(13-15-31)18-20-4-3-5-21(25)16-20/h3-6,9,16,19H,2,7-8,10-15,17-18H2,1H3,(H,26,27,28). The molecule has 2 aliphatic heterocycles. The van der Waals surface area contributed by atoms with Crippen LogP contribution in [0.2, 0.25) is 0 Å². The van der Waals surface area contributed by atoms with Gasteiger partial charge < -0.3 is 15.1 Å². The second-order valence-electron chi connectivity index (χ2n) is 8.69. The predicted molar refractivity (Wildman–Crippen MR) is 124 cm³/mol. The van der Waals surface area contributed by atoms with Crippen molar-refractivity contribution in [2.24, 2.45) is 5.92 Å². The number of benzene rings is 1. The fourth-order valence-corrected chi connectivity index (χ4v) is 4.56. The first-order valence-corrected chi connectivity index (χ1v) is 11.7. The van der Waals surface area contributed by atoms with E-state index in [-0.39, 0.29) is 11.7 Å². The SMILES string of the molecule is CCNc1nccc(N2CCC(CC(=O)N3CCN(Cc4cccc(F)c4)CC3)CC2)n1. The molecule has 8 heteroatoms. The summed E-state index contributed by atoms with van der Waals surface area (Å²) in [5, 5.41) is 3.16. The summed E-state index contributed by atoms with van der Waals surface area (Å²) in [5.41, 5.74) is 0.984. The monoisotopic (exact) mass is 440 g/mol. The van der Waals surface area contributed by atoms with Crippen molar-refractivity contribution < 1.29 is 9.18 Å². The molecule has 7 nitrogen and oxygen atoms in total. The van der Waals surface area contributed by atoms with Crippen LogP contribution in [0.25, 0.3) is 0 Å². The Balaban J connectivity index is 1.20. The van der Waals surface area contributed by atoms with Crippen molar-refractivity contribution >= 4 is 17.7 Å². The lowest BCUT2D eigenvalue weighted by atomic mass is 9.93. The Morgan fingerprint density at radius 3 is 2.62 bits per heavy atom. The average Bonchev–Trinajstić information content (AvgIpc) is 2.80. The minimum absolute atomic E-state index is 0.194. The molecule has 172 valence electrons. The van der Waals surface area contributed by atoms with Gasteiger partial charge in [-0.15, -0.1) is 0 Å². The summed E-state index contributed by atoms with van der Waals surface area (Å²) in [5.74, 6) is 2.12. The zero-order chi connectivity index (χ0) is 22.3. The van der Waals surface area contributed by atoms with Crippen LogP contribution in [-0.4, -0.2) is 71.5 Å². The molecule has 0 saturated carbocycles. The van der Waals surface area contributed by atoms with Crippen LogP contribution in [0.5, 0.6) is 0 Å². The minimum Gasteiger partial charge on any atom is -0.356 e. The number of hydrogen-bond donors (Lipinski definition) is 1. The second-order valence-corrected chi connectivity index (χ2v) is 8.69. The van der Waals surface area contributed by atoms with Crippen LogP contribution in [-0.2, 0) is 11.3 Å². The van der Waals surface area contributed by atoms with E-state index in [1.165, 1.54) is 6.07 Å². The molecule has 1 aromatic heterocycles. The van der Waals surface area contributed by atoms with Crippen molar-refractivity contribution in [2.75, 3.05) is 56.0 Å². The normalized spacial score (nSPS) is 18.1. The molecule has 2 aromatic rings. The van der Waals surface area contributed by atoms with Gasteiger partial charge in [-0.3, -0.25) is 9.69 Å². The number of nitrogens with zero attached hydrogens (tertiary/aromatic N) is 5. The second kappa shape index (κ2) is 10.7. The highest BCUT2D eigenvalue weighted by atomic mass is 19.1. The molecule has 0 unspecified atom stereocenters. The maximum absolute atomic E-state index is 13.4. The number of halogens is 1. The summed E-state index contributed by atoms with van der Waals surface area (Å²) in [6.07, 6.45) is 4.44. The van der Waals surface area contributed by atoms with Crippen molar-refractivity contribution in [1.82, 2.24) is 19.8 Å². The first-order chi connectivity index (χ1) is 15.6. The first kappa shape index (κ1) is 22.5. The molecular formula is C24H33FN6O. The predicted octanol–water partition coefficient (Wildman–Crippen LogP) is 3.00. The molecule has 2 saturated heterocycles. The molecular weight excluding hydrogens is 407 g/mol. The van der Waals surface area contributed by atoms with E-state index in [0.717, 1.165) is 76.6 Å². The van der Waals surface area contributed by atoms with Gasteiger partial charge in [0, 0.05) is 65.0 Å². The lowest BCUT2D eigenvalue weighted by molar-refractivity contribution is -0.134. The Morgan fingerprint density at radius 1 is 1.12 bits per heavy atom. The molecule has 0 spiro atoms. The van der Waals surface area contributed by atoms with Crippen LogP contribution in [0.1, 0.15) is 31.7 Å². The highest BCUT2D eigenvalue weighted by molar-refractivity contribution is 5.76. The lowest BCUT2D eigenvalue weighted by Gasteiger charge is -2.37. The summed E-state index contributed by atoms with van der Waals surface area (Å²) in [6.45, 7) is 8.57. The molecule has 0 aliphatic carbocycles. The van der Waals surface area contributed by atoms with Crippen LogP contribution in [0.3, 0.4) is 0 Å². The average molecular weight is 441 g/mol. The molecule has 32 heavy (non-hydrogen) atoms. The Hall–Kier alpha value is -2.74. The van der Waals surface area contributed by atoms with Gasteiger partial charge in [0.2, 0.25) is 11.9 Å². The van der Waals surface area contributed by atoms with Crippen LogP contribution in [0.4, 0.5) is 16.2 Å². The topological polar surface area (TPSA) is 64.6 Å². The van der Waals surface area contributed by atoms with Gasteiger partial charge in [-0.25, -0.2) is 9.37 Å². The molecule has 3 heterocycles. The third-order valence-electron chi connectivity index (χ3n) is 6.40. The number of amides is 1. The van der Waals surface area contributed by atoms with Gasteiger partial charge in [0.05, 0.1) is 0 Å². The number of carbonyl (C=O) groups is 1. The van der Waals surface area contributed by atoms with Gasteiger partial charge in [0.15, 0.2) is 0 Å². The van der Waals surface area contributed by atoms with Crippen LogP contribution in [0.15, 0.2) is 36.5 Å². The van der Waals surface area contributed by atoms with Gasteiger partial charge >= 0.3 is 0 Å². The zero-order valence-corrected chi connectivity index (χ0v) is 18.8. The van der Waals surface area contributed by atoms with Gasteiger partial charge in [-0.05, 0) is 49.4 Å². The summed E-state index contributed by atoms with van der Waals surface area (Å²) < 4.78 is 13.4. The summed E-state index contributed by atoms with van der Waals surface area (Å²) >= 11 is 0. The van der Waals surface area contributed by atoms with Crippen molar-refractivity contribution in [3.8, 4) is 0 Å². The summed E-state index contributed by atoms with van der Waals surface area (Å²) in [6, 6.07) is 8.72. The first-order valence-electron chi connectivity index (χ1n) is 11.7. The molecule has 0 bridgehead atoms. The Labute approximate surface area is 189 Å². The molecule has 4 rings (SSSR count). The van der Waals surface area contributed by atoms with E-state index >= 15 is 0 Å². The summed E-state index contributed by atoms with van der Waals surface area (Å²) in [4.78, 5) is 28.3. The molecule has 1 amide bonds. The number of piperazine rings is 1. The molecule has 0 atom stereocenters. The number of carbonyl (C=O) groups excluding carboxylic acids is 1. The van der Waals surface area contributed by atoms with Gasteiger partial charge in [-0.2, -0.15) is 4.98 Å². The Kier molecular flexibility index (Phi) is 7.52. The molecule has 2 aliphatic rings. The highest BCUT2D eigenvalue weighted by Crippen LogP contribution is 2.25. The molecule has 0 radical (unpaired) electrons. The number of hydrogen-bond acceptors (Lipinski definition) is 6. The maximum atomic E-state index is 13.4. The number of aromatic nitrogens is 2. The van der Waals surface area contributed by atoms with E-state index in [2.05, 4.69) is 25.1 Å². The van der Waals surface area contributed by atoms with Crippen molar-refractivity contribution in [3.05, 3.63) is 47.9 Å². The van der Waals surface area contributed by atoms with Crippen LogP contribution >= 0.6 is 0 Å². The largest absolute Gasteiger partial charge is 0.356 e. The van der Waals surface area contributed by atoms with Crippen LogP contribution < -0.4 is 10.2 Å². The summed E-state index contributed by atoms with van der Waals surface area (Å²) in [7, 11) is 0. The third-order valence-corrected chi connectivity index (χ3v) is 6.40. The zero-order valence-electron chi connectivity index (χ0n) is 18.8. The number of piperidine rings is 1. The molecule has 1 N–H and O–H groups in total. The fraction of sp³-hybridized carbons (Fsp3) is 0.542. The van der Waals surface area contributed by atoms with Gasteiger partial charge in [0.1, 0.15) is 11.6 Å². The molecule has 2 fully saturated rings. The van der Waals surface area contributed by atoms with E-state index < -0.39 is 0 Å². The van der Waals surface area contributed by atoms with E-state index in [4.69, 9.17) is 0 Å². The number of anilines is 2. The number of rotatable bonds is 7. The quantitative estimate of drug-likeness (QED) is 0.714. The van der Waals surface area contributed by atoms with Crippen molar-refractivity contribution in [2.45, 2.75) is 32.7 Å². The maximum Gasteiger partial charge on any atom is 0.224 e. The fourth-order valence-electron chi connectivity index (χ4n) is 4.56. The molecule has 1 aromatic carbocycles. The van der Waals surface area contributed by atoms with Gasteiger partial charge in [0.25, 0.3) is 0 Å². The van der Waals surface area contributed by atoms with E-state index in [0.29, 0.717) is 18.3 Å². The minimum atomic E-state index is -0.194. The van der Waals surface area contributed by atoms with Crippen molar-refractivity contribution in [3.63, 3.8) is 0 Å². The highest BCUT2D eigenvalue weighted by Gasteiger charge is 2.26. The third kappa shape index (κ3) is 5.94. The van der Waals surface area contributed by atoms with E-state index in [1.807, 2.05) is 24.0 Å². The Bertz CT molecular complexity index is 894. The Morgan fingerprint density at radius 2 is 1.91 bits per heavy atom. The van der Waals surface area contributed by atoms with E-state index in [9.17, 15) is 9.18 Å². The van der Waals surface area contributed by atoms with Gasteiger partial charge in [-0.1, -0.05) is 12.1 Å². The van der Waals surface area contributed by atoms with Crippen LogP contribution in [0, 0.1) is 11.7 Å². The smallest absolute Gasteiger partial charge is 0.224 e. The van der Waals surface area contributed by atoms with E-state index in [1.54, 1.807) is 18.3 Å². The van der Waals surface area contributed by atoms with Crippen molar-refractivity contribution in [1.29, 1.82) is 0 Å². The number of nitrogens with one attached hydrogen (secondary N) is 1. The lowest BCUT2D eigenvalue weighted by Crippen LogP contribution is -2.49.